The number of hydrogen-bond acceptors (Lipinski definition) is 5. The van der Waals surface area contributed by atoms with E-state index in [4.69, 9.17) is 4.74 Å². The maximum Gasteiger partial charge on any atom is 0.105 e. The number of aromatic nitrogens is 2. The molecule has 3 heterocycles. The molecule has 0 radical (unpaired) electrons. The molecule has 3 aliphatic carbocycles. The molecule has 1 aromatic carbocycles. The van der Waals surface area contributed by atoms with Crippen molar-refractivity contribution in [3.8, 4) is 0 Å². The summed E-state index contributed by atoms with van der Waals surface area (Å²) in [5, 5.41) is 30.9. The van der Waals surface area contributed by atoms with Gasteiger partial charge in [-0.05, 0) is 94.5 Å². The van der Waals surface area contributed by atoms with Gasteiger partial charge in [0.25, 0.3) is 0 Å². The molecule has 1 saturated heterocycles. The lowest BCUT2D eigenvalue weighted by Crippen LogP contribution is -2.62. The second kappa shape index (κ2) is 7.19. The number of nitrogens with one attached hydrogen (secondary N) is 1. The van der Waals surface area contributed by atoms with Crippen LogP contribution in [-0.2, 0) is 4.74 Å². The molecule has 3 N–H and O–H groups in total. The highest BCUT2D eigenvalue weighted by molar-refractivity contribution is 5.87. The summed E-state index contributed by atoms with van der Waals surface area (Å²) >= 11 is 0. The average Bonchev–Trinajstić information content (AvgIpc) is 3.48. The van der Waals surface area contributed by atoms with Crippen LogP contribution in [0.5, 0.6) is 0 Å². The van der Waals surface area contributed by atoms with Crippen molar-refractivity contribution >= 4 is 16.5 Å². The molecule has 2 aromatic rings. The maximum absolute atomic E-state index is 11.2. The molecule has 1 saturated carbocycles. The fourth-order valence-corrected chi connectivity index (χ4v) is 8.75. The van der Waals surface area contributed by atoms with Crippen molar-refractivity contribution in [3.63, 3.8) is 0 Å². The molecule has 2 spiro atoms. The number of aryl methyl sites for hydroxylation is 1. The molecule has 6 heteroatoms. The number of hydrogen-bond donors (Lipinski definition) is 3. The van der Waals surface area contributed by atoms with Gasteiger partial charge in [-0.3, -0.25) is 5.10 Å². The summed E-state index contributed by atoms with van der Waals surface area (Å²) in [5.74, 6) is 0.346. The number of allylic oxidation sites excluding steroid dienone is 3. The molecular formula is C30H37N3O3. The van der Waals surface area contributed by atoms with E-state index in [2.05, 4.69) is 61.3 Å². The Hall–Kier alpha value is -2.25. The number of fused-ring (bicyclic) bond motifs is 2. The Morgan fingerprint density at radius 3 is 2.75 bits per heavy atom. The summed E-state index contributed by atoms with van der Waals surface area (Å²) in [7, 11) is 3.97. The Labute approximate surface area is 212 Å². The molecule has 1 unspecified atom stereocenters. The SMILES string of the molecule is CC1=C2C=C3[C@@H](O)[C@H](O)[C@@H](N(C)C)C[C@]34CC[C@]2(O4)C2CC=C(c3ccc4n[nH]c(C)c4c3)[C@@]2(C)C1. The highest BCUT2D eigenvalue weighted by atomic mass is 16.5. The number of ether oxygens (including phenoxy) is 1. The number of H-pyrrole nitrogens is 1. The third-order valence-corrected chi connectivity index (χ3v) is 10.5. The minimum absolute atomic E-state index is 0.0243. The fraction of sp³-hybridized carbons (Fsp3) is 0.567. The van der Waals surface area contributed by atoms with Gasteiger partial charge in [0.1, 0.15) is 6.10 Å². The van der Waals surface area contributed by atoms with Crippen LogP contribution in [0.15, 0.2) is 47.1 Å². The van der Waals surface area contributed by atoms with E-state index < -0.39 is 17.8 Å². The molecule has 2 aliphatic heterocycles. The van der Waals surface area contributed by atoms with Crippen LogP contribution >= 0.6 is 0 Å². The predicted octanol–water partition coefficient (Wildman–Crippen LogP) is 4.28. The Bertz CT molecular complexity index is 1380. The normalized spacial score (nSPS) is 41.3. The number of likely N-dealkylation sites (N-methyl/N-ethyl adjacent to an activating group) is 1. The van der Waals surface area contributed by atoms with Gasteiger partial charge < -0.3 is 19.8 Å². The summed E-state index contributed by atoms with van der Waals surface area (Å²) in [6, 6.07) is 6.53. The molecule has 5 aliphatic rings. The summed E-state index contributed by atoms with van der Waals surface area (Å²) in [6.45, 7) is 6.77. The first kappa shape index (κ1) is 22.9. The van der Waals surface area contributed by atoms with Crippen LogP contribution in [0, 0.1) is 18.3 Å². The number of aliphatic hydroxyl groups excluding tert-OH is 2. The molecule has 6 nitrogen and oxygen atoms in total. The van der Waals surface area contributed by atoms with Crippen molar-refractivity contribution in [1.29, 1.82) is 0 Å². The van der Waals surface area contributed by atoms with Gasteiger partial charge in [0.15, 0.2) is 0 Å². The zero-order valence-corrected chi connectivity index (χ0v) is 21.9. The smallest absolute Gasteiger partial charge is 0.105 e. The Morgan fingerprint density at radius 2 is 1.97 bits per heavy atom. The minimum atomic E-state index is -0.891. The largest absolute Gasteiger partial charge is 0.388 e. The molecule has 2 bridgehead atoms. The number of rotatable bonds is 2. The van der Waals surface area contributed by atoms with Gasteiger partial charge in [0.2, 0.25) is 0 Å². The standard InChI is InChI=1S/C30H37N3O3/c1-16-14-28(3)20(18-6-8-23-19(12-18)17(2)31-32-23)7-9-25(28)30-11-10-29(36-30)15-24(33(4)5)27(35)26(34)22(29)13-21(16)30/h6-8,12-13,24-27,34-35H,9-11,14-15H2,1-5H3,(H,31,32)/t24-,25?,26+,27+,28+,29+,30+/m0/s1. The first-order valence-electron chi connectivity index (χ1n) is 13.4. The van der Waals surface area contributed by atoms with E-state index in [1.54, 1.807) is 0 Å². The monoisotopic (exact) mass is 487 g/mol. The van der Waals surface area contributed by atoms with Crippen LogP contribution in [0.25, 0.3) is 16.5 Å². The fourth-order valence-electron chi connectivity index (χ4n) is 8.75. The van der Waals surface area contributed by atoms with Gasteiger partial charge in [0, 0.05) is 28.5 Å². The summed E-state index contributed by atoms with van der Waals surface area (Å²) in [5.41, 5.74) is 7.47. The molecule has 190 valence electrons. The first-order valence-corrected chi connectivity index (χ1v) is 13.4. The molecule has 7 rings (SSSR count). The van der Waals surface area contributed by atoms with Crippen molar-refractivity contribution in [3.05, 3.63) is 58.3 Å². The number of aromatic amines is 1. The van der Waals surface area contributed by atoms with Gasteiger partial charge in [-0.1, -0.05) is 30.7 Å². The molecule has 2 fully saturated rings. The van der Waals surface area contributed by atoms with Crippen molar-refractivity contribution in [2.45, 2.75) is 82.3 Å². The van der Waals surface area contributed by atoms with Crippen LogP contribution in [0.3, 0.4) is 0 Å². The van der Waals surface area contributed by atoms with E-state index in [1.807, 2.05) is 19.0 Å². The van der Waals surface area contributed by atoms with Gasteiger partial charge >= 0.3 is 0 Å². The van der Waals surface area contributed by atoms with Crippen LogP contribution in [0.1, 0.15) is 57.2 Å². The van der Waals surface area contributed by atoms with Gasteiger partial charge in [-0.25, -0.2) is 0 Å². The third-order valence-electron chi connectivity index (χ3n) is 10.5. The van der Waals surface area contributed by atoms with Crippen molar-refractivity contribution in [2.24, 2.45) is 11.3 Å². The van der Waals surface area contributed by atoms with E-state index in [-0.39, 0.29) is 17.1 Å². The predicted molar refractivity (Wildman–Crippen MR) is 140 cm³/mol. The van der Waals surface area contributed by atoms with Gasteiger partial charge in [0.05, 0.1) is 22.8 Å². The molecule has 36 heavy (non-hydrogen) atoms. The van der Waals surface area contributed by atoms with E-state index in [9.17, 15) is 10.2 Å². The summed E-state index contributed by atoms with van der Waals surface area (Å²) < 4.78 is 7.32. The van der Waals surface area contributed by atoms with Gasteiger partial charge in [-0.15, -0.1) is 0 Å². The summed E-state index contributed by atoms with van der Waals surface area (Å²) in [6.07, 6.45) is 7.55. The van der Waals surface area contributed by atoms with Crippen LogP contribution in [0.2, 0.25) is 0 Å². The maximum atomic E-state index is 11.2. The van der Waals surface area contributed by atoms with Crippen molar-refractivity contribution in [2.75, 3.05) is 14.1 Å². The third kappa shape index (κ3) is 2.68. The lowest BCUT2D eigenvalue weighted by Gasteiger charge is -2.56. The molecule has 0 amide bonds. The van der Waals surface area contributed by atoms with Crippen LogP contribution in [0.4, 0.5) is 0 Å². The number of aliphatic hydroxyl groups is 2. The topological polar surface area (TPSA) is 81.6 Å². The Kier molecular flexibility index (Phi) is 4.58. The zero-order valence-electron chi connectivity index (χ0n) is 21.9. The number of nitrogens with zero attached hydrogens (tertiary/aromatic N) is 2. The Morgan fingerprint density at radius 1 is 1.17 bits per heavy atom. The quantitative estimate of drug-likeness (QED) is 0.589. The van der Waals surface area contributed by atoms with E-state index in [0.717, 1.165) is 48.9 Å². The summed E-state index contributed by atoms with van der Waals surface area (Å²) in [4.78, 5) is 2.04. The van der Waals surface area contributed by atoms with Gasteiger partial charge in [-0.2, -0.15) is 5.10 Å². The highest BCUT2D eigenvalue weighted by Crippen LogP contribution is 2.69. The molecule has 7 atom stereocenters. The lowest BCUT2D eigenvalue weighted by atomic mass is 9.56. The zero-order chi connectivity index (χ0) is 25.2. The van der Waals surface area contributed by atoms with Crippen LogP contribution < -0.4 is 0 Å². The van der Waals surface area contributed by atoms with Crippen molar-refractivity contribution in [1.82, 2.24) is 15.1 Å². The van der Waals surface area contributed by atoms with Crippen LogP contribution in [-0.4, -0.2) is 68.9 Å². The lowest BCUT2D eigenvalue weighted by molar-refractivity contribution is -0.162. The molecule has 1 aromatic heterocycles. The van der Waals surface area contributed by atoms with E-state index in [1.165, 1.54) is 27.7 Å². The Balaban J connectivity index is 1.33. The average molecular weight is 488 g/mol. The van der Waals surface area contributed by atoms with E-state index in [0.29, 0.717) is 5.92 Å². The molecular weight excluding hydrogens is 450 g/mol. The highest BCUT2D eigenvalue weighted by Gasteiger charge is 2.68. The second-order valence-electron chi connectivity index (χ2n) is 12.5. The first-order chi connectivity index (χ1) is 17.1. The second-order valence-corrected chi connectivity index (χ2v) is 12.5. The minimum Gasteiger partial charge on any atom is -0.388 e. The van der Waals surface area contributed by atoms with E-state index >= 15 is 0 Å². The number of benzene rings is 1. The van der Waals surface area contributed by atoms with Crippen molar-refractivity contribution < 1.29 is 14.9 Å².